The zero-order valence-electron chi connectivity index (χ0n) is 14.4. The summed E-state index contributed by atoms with van der Waals surface area (Å²) in [4.78, 5) is 17.5. The summed E-state index contributed by atoms with van der Waals surface area (Å²) < 4.78 is 27.5. The Morgan fingerprint density at radius 1 is 0.960 bits per heavy atom. The van der Waals surface area contributed by atoms with Crippen molar-refractivity contribution in [3.8, 4) is 0 Å². The van der Waals surface area contributed by atoms with E-state index in [2.05, 4.69) is 4.90 Å². The number of nitrogens with zero attached hydrogens (tertiary/aromatic N) is 3. The Bertz CT molecular complexity index is 759. The first-order chi connectivity index (χ1) is 12.1. The van der Waals surface area contributed by atoms with Crippen LogP contribution in [0.4, 0.5) is 5.69 Å². The highest BCUT2D eigenvalue weighted by atomic mass is 32.2. The van der Waals surface area contributed by atoms with Gasteiger partial charge in [-0.2, -0.15) is 4.31 Å². The van der Waals surface area contributed by atoms with Crippen LogP contribution in [-0.4, -0.2) is 62.3 Å². The molecule has 0 aliphatic carbocycles. The third kappa shape index (κ3) is 2.98. The smallest absolute Gasteiger partial charge is 0.245 e. The summed E-state index contributed by atoms with van der Waals surface area (Å²) in [6.45, 7) is 3.92. The second-order valence-electron chi connectivity index (χ2n) is 7.13. The summed E-state index contributed by atoms with van der Waals surface area (Å²) in [6.07, 6.45) is 5.05. The van der Waals surface area contributed by atoms with Crippen molar-refractivity contribution in [1.82, 2.24) is 9.21 Å². The van der Waals surface area contributed by atoms with Crippen LogP contribution in [0.15, 0.2) is 29.2 Å². The SMILES string of the molecule is O=C1C2CCCN2S(=O)(=O)c2ccccc2N1CCN1CCCCC1. The minimum absolute atomic E-state index is 0.0666. The molecule has 3 aliphatic rings. The van der Waals surface area contributed by atoms with Gasteiger partial charge in [-0.1, -0.05) is 18.6 Å². The number of sulfonamides is 1. The van der Waals surface area contributed by atoms with E-state index < -0.39 is 16.1 Å². The van der Waals surface area contributed by atoms with Crippen LogP contribution in [0.25, 0.3) is 0 Å². The second kappa shape index (κ2) is 6.70. The van der Waals surface area contributed by atoms with Crippen LogP contribution in [0.5, 0.6) is 0 Å². The molecule has 0 radical (unpaired) electrons. The van der Waals surface area contributed by atoms with Gasteiger partial charge in [0.25, 0.3) is 0 Å². The summed E-state index contributed by atoms with van der Waals surface area (Å²) in [5.74, 6) is -0.0666. The number of rotatable bonds is 3. The number of carbonyl (C=O) groups is 1. The van der Waals surface area contributed by atoms with Gasteiger partial charge in [0.15, 0.2) is 0 Å². The van der Waals surface area contributed by atoms with Crippen molar-refractivity contribution in [2.45, 2.75) is 43.0 Å². The first kappa shape index (κ1) is 17.0. The molecule has 3 aliphatic heterocycles. The van der Waals surface area contributed by atoms with Gasteiger partial charge in [-0.25, -0.2) is 8.42 Å². The molecule has 0 aromatic heterocycles. The molecule has 7 heteroatoms. The first-order valence-electron chi connectivity index (χ1n) is 9.23. The van der Waals surface area contributed by atoms with Crippen molar-refractivity contribution in [3.63, 3.8) is 0 Å². The average molecular weight is 363 g/mol. The predicted molar refractivity (Wildman–Crippen MR) is 96.0 cm³/mol. The van der Waals surface area contributed by atoms with E-state index in [0.717, 1.165) is 26.1 Å². The Balaban J connectivity index is 1.68. The maximum Gasteiger partial charge on any atom is 0.245 e. The van der Waals surface area contributed by atoms with E-state index in [1.807, 2.05) is 6.07 Å². The molecule has 1 atom stereocenters. The molecule has 4 rings (SSSR count). The van der Waals surface area contributed by atoms with E-state index in [9.17, 15) is 13.2 Å². The van der Waals surface area contributed by atoms with Crippen molar-refractivity contribution in [2.75, 3.05) is 37.6 Å². The van der Waals surface area contributed by atoms with Gasteiger partial charge >= 0.3 is 0 Å². The second-order valence-corrected chi connectivity index (χ2v) is 8.99. The Morgan fingerprint density at radius 2 is 1.72 bits per heavy atom. The highest BCUT2D eigenvalue weighted by molar-refractivity contribution is 7.89. The number of benzene rings is 1. The fourth-order valence-corrected chi connectivity index (χ4v) is 6.10. The molecule has 0 N–H and O–H groups in total. The van der Waals surface area contributed by atoms with Crippen LogP contribution < -0.4 is 4.90 Å². The highest BCUT2D eigenvalue weighted by Crippen LogP contribution is 2.37. The number of anilines is 1. The molecule has 0 spiro atoms. The summed E-state index contributed by atoms with van der Waals surface area (Å²) >= 11 is 0. The fraction of sp³-hybridized carbons (Fsp3) is 0.611. The number of carbonyl (C=O) groups excluding carboxylic acids is 1. The number of hydrogen-bond donors (Lipinski definition) is 0. The van der Waals surface area contributed by atoms with Gasteiger partial charge in [0.2, 0.25) is 15.9 Å². The minimum Gasteiger partial charge on any atom is -0.308 e. The Kier molecular flexibility index (Phi) is 4.56. The van der Waals surface area contributed by atoms with Crippen LogP contribution in [0, 0.1) is 0 Å². The number of hydrogen-bond acceptors (Lipinski definition) is 4. The molecule has 1 aromatic rings. The normalized spacial score (nSPS) is 27.0. The average Bonchev–Trinajstić information content (AvgIpc) is 3.11. The van der Waals surface area contributed by atoms with Gasteiger partial charge in [-0.3, -0.25) is 4.79 Å². The van der Waals surface area contributed by atoms with E-state index in [1.54, 1.807) is 23.1 Å². The summed E-state index contributed by atoms with van der Waals surface area (Å²) in [5.41, 5.74) is 0.541. The zero-order valence-corrected chi connectivity index (χ0v) is 15.2. The van der Waals surface area contributed by atoms with Crippen LogP contribution in [-0.2, 0) is 14.8 Å². The molecule has 2 saturated heterocycles. The number of fused-ring (bicyclic) bond motifs is 2. The summed E-state index contributed by atoms with van der Waals surface area (Å²) in [6, 6.07) is 6.40. The quantitative estimate of drug-likeness (QED) is 0.820. The van der Waals surface area contributed by atoms with E-state index >= 15 is 0 Å². The van der Waals surface area contributed by atoms with E-state index in [0.29, 0.717) is 25.2 Å². The molecule has 1 aromatic carbocycles. The van der Waals surface area contributed by atoms with Crippen LogP contribution in [0.1, 0.15) is 32.1 Å². The van der Waals surface area contributed by atoms with Gasteiger partial charge < -0.3 is 9.80 Å². The molecule has 136 valence electrons. The van der Waals surface area contributed by atoms with Crippen LogP contribution >= 0.6 is 0 Å². The molecule has 25 heavy (non-hydrogen) atoms. The van der Waals surface area contributed by atoms with Gasteiger partial charge in [0.1, 0.15) is 10.9 Å². The number of para-hydroxylation sites is 1. The summed E-state index contributed by atoms with van der Waals surface area (Å²) in [5, 5.41) is 0. The lowest BCUT2D eigenvalue weighted by Gasteiger charge is -2.30. The standard InChI is InChI=1S/C18H25N3O3S/c22-18-16-8-6-12-21(16)25(23,24)17-9-3-2-7-15(17)20(18)14-13-19-10-4-1-5-11-19/h2-3,7,9,16H,1,4-6,8,10-14H2. The van der Waals surface area contributed by atoms with Crippen LogP contribution in [0.3, 0.4) is 0 Å². The lowest BCUT2D eigenvalue weighted by Crippen LogP contribution is -2.47. The maximum absolute atomic E-state index is 13.2. The number of likely N-dealkylation sites (tertiary alicyclic amines) is 1. The number of amides is 1. The van der Waals surface area contributed by atoms with Crippen molar-refractivity contribution < 1.29 is 13.2 Å². The highest BCUT2D eigenvalue weighted by Gasteiger charge is 2.45. The first-order valence-corrected chi connectivity index (χ1v) is 10.7. The molecule has 0 bridgehead atoms. The van der Waals surface area contributed by atoms with Crippen molar-refractivity contribution in [1.29, 1.82) is 0 Å². The molecule has 1 unspecified atom stereocenters. The van der Waals surface area contributed by atoms with E-state index in [-0.39, 0.29) is 10.8 Å². The molecular weight excluding hydrogens is 338 g/mol. The van der Waals surface area contributed by atoms with Crippen LogP contribution in [0.2, 0.25) is 0 Å². The third-order valence-corrected chi connectivity index (χ3v) is 7.54. The predicted octanol–water partition coefficient (Wildman–Crippen LogP) is 1.67. The van der Waals surface area contributed by atoms with Gasteiger partial charge in [0.05, 0.1) is 5.69 Å². The largest absolute Gasteiger partial charge is 0.308 e. The third-order valence-electron chi connectivity index (χ3n) is 5.59. The Morgan fingerprint density at radius 3 is 2.52 bits per heavy atom. The van der Waals surface area contributed by atoms with Gasteiger partial charge in [-0.15, -0.1) is 0 Å². The molecular formula is C18H25N3O3S. The van der Waals surface area contributed by atoms with Gasteiger partial charge in [-0.05, 0) is 50.9 Å². The lowest BCUT2D eigenvalue weighted by molar-refractivity contribution is -0.121. The molecule has 6 nitrogen and oxygen atoms in total. The lowest BCUT2D eigenvalue weighted by atomic mass is 10.1. The topological polar surface area (TPSA) is 60.9 Å². The minimum atomic E-state index is -3.61. The molecule has 1 amide bonds. The van der Waals surface area contributed by atoms with Crippen molar-refractivity contribution in [3.05, 3.63) is 24.3 Å². The van der Waals surface area contributed by atoms with E-state index in [1.165, 1.54) is 23.6 Å². The maximum atomic E-state index is 13.2. The molecule has 2 fully saturated rings. The fourth-order valence-electron chi connectivity index (χ4n) is 4.25. The number of piperidine rings is 1. The summed E-state index contributed by atoms with van der Waals surface area (Å²) in [7, 11) is -3.61. The van der Waals surface area contributed by atoms with E-state index in [4.69, 9.17) is 0 Å². The molecule has 0 saturated carbocycles. The molecule has 3 heterocycles. The van der Waals surface area contributed by atoms with Crippen molar-refractivity contribution in [2.24, 2.45) is 0 Å². The zero-order chi connectivity index (χ0) is 17.4. The van der Waals surface area contributed by atoms with Gasteiger partial charge in [0, 0.05) is 19.6 Å². The van der Waals surface area contributed by atoms with Crippen molar-refractivity contribution >= 4 is 21.6 Å². The Labute approximate surface area is 149 Å². The monoisotopic (exact) mass is 363 g/mol. The Hall–Kier alpha value is -1.44.